The van der Waals surface area contributed by atoms with Crippen molar-refractivity contribution < 1.29 is 9.47 Å². The molecule has 1 atom stereocenters. The highest BCUT2D eigenvalue weighted by atomic mass is 127. The number of hydrogen-bond acceptors (Lipinski definition) is 5. The Morgan fingerprint density at radius 2 is 1.97 bits per heavy atom. The van der Waals surface area contributed by atoms with E-state index in [-0.39, 0.29) is 24.0 Å². The molecule has 166 valence electrons. The van der Waals surface area contributed by atoms with Crippen LogP contribution in [0.15, 0.2) is 29.3 Å². The molecule has 2 N–H and O–H groups in total. The molecule has 1 unspecified atom stereocenters. The van der Waals surface area contributed by atoms with E-state index in [1.54, 1.807) is 0 Å². The minimum absolute atomic E-state index is 0. The Morgan fingerprint density at radius 1 is 1.24 bits per heavy atom. The Labute approximate surface area is 193 Å². The Kier molecular flexibility index (Phi) is 13.2. The van der Waals surface area contributed by atoms with Gasteiger partial charge < -0.3 is 25.0 Å². The van der Waals surface area contributed by atoms with E-state index in [2.05, 4.69) is 40.3 Å². The van der Waals surface area contributed by atoms with Gasteiger partial charge >= 0.3 is 0 Å². The number of aliphatic imine (C=N–C) groups is 1. The summed E-state index contributed by atoms with van der Waals surface area (Å²) in [6, 6.07) is 8.57. The zero-order chi connectivity index (χ0) is 20.2. The first kappa shape index (κ1) is 25.9. The molecule has 0 spiro atoms. The molecule has 29 heavy (non-hydrogen) atoms. The fraction of sp³-hybridized carbons (Fsp3) is 0.667. The predicted molar refractivity (Wildman–Crippen MR) is 131 cm³/mol. The molecule has 0 amide bonds. The first-order valence-corrected chi connectivity index (χ1v) is 10.3. The molecule has 1 saturated heterocycles. The Balaban J connectivity index is 0.00000420. The summed E-state index contributed by atoms with van der Waals surface area (Å²) in [6.45, 7) is 11.8. The lowest BCUT2D eigenvalue weighted by atomic mass is 10.2. The van der Waals surface area contributed by atoms with Gasteiger partial charge in [-0.1, -0.05) is 18.2 Å². The van der Waals surface area contributed by atoms with Gasteiger partial charge in [-0.15, -0.1) is 24.0 Å². The maximum atomic E-state index is 5.95. The summed E-state index contributed by atoms with van der Waals surface area (Å²) in [5.74, 6) is 1.75. The lowest BCUT2D eigenvalue weighted by Gasteiger charge is -2.32. The van der Waals surface area contributed by atoms with Gasteiger partial charge in [0.1, 0.15) is 12.4 Å². The van der Waals surface area contributed by atoms with Crippen LogP contribution in [0.5, 0.6) is 5.75 Å². The Morgan fingerprint density at radius 3 is 2.66 bits per heavy atom. The van der Waals surface area contributed by atoms with Crippen molar-refractivity contribution in [3.63, 3.8) is 0 Å². The third kappa shape index (κ3) is 9.97. The summed E-state index contributed by atoms with van der Waals surface area (Å²) >= 11 is 0. The highest BCUT2D eigenvalue weighted by Crippen LogP contribution is 2.18. The zero-order valence-electron chi connectivity index (χ0n) is 18.3. The molecule has 0 aliphatic carbocycles. The number of ether oxygens (including phenoxy) is 2. The molecule has 7 nitrogen and oxygen atoms in total. The van der Waals surface area contributed by atoms with Gasteiger partial charge in [0.15, 0.2) is 5.96 Å². The lowest BCUT2D eigenvalue weighted by Crippen LogP contribution is -2.49. The van der Waals surface area contributed by atoms with Crippen LogP contribution in [0.4, 0.5) is 0 Å². The molecule has 0 aromatic heterocycles. The summed E-state index contributed by atoms with van der Waals surface area (Å²) in [7, 11) is 4.09. The third-order valence-electron chi connectivity index (χ3n) is 4.75. The van der Waals surface area contributed by atoms with Gasteiger partial charge in [0.25, 0.3) is 0 Å². The second-order valence-electron chi connectivity index (χ2n) is 7.33. The molecular weight excluding hydrogens is 481 g/mol. The van der Waals surface area contributed by atoms with Gasteiger partial charge in [-0.25, -0.2) is 4.99 Å². The van der Waals surface area contributed by atoms with E-state index in [9.17, 15) is 0 Å². The van der Waals surface area contributed by atoms with E-state index in [1.165, 1.54) is 0 Å². The van der Waals surface area contributed by atoms with Crippen LogP contribution in [-0.4, -0.2) is 88.4 Å². The fourth-order valence-electron chi connectivity index (χ4n) is 3.01. The van der Waals surface area contributed by atoms with Crippen molar-refractivity contribution in [3.8, 4) is 5.75 Å². The molecule has 1 heterocycles. The lowest BCUT2D eigenvalue weighted by molar-refractivity contribution is 0.0211. The van der Waals surface area contributed by atoms with Crippen molar-refractivity contribution >= 4 is 29.9 Å². The number of nitrogens with zero attached hydrogens (tertiary/aromatic N) is 3. The van der Waals surface area contributed by atoms with E-state index in [1.807, 2.05) is 32.3 Å². The van der Waals surface area contributed by atoms with Crippen LogP contribution < -0.4 is 15.4 Å². The summed E-state index contributed by atoms with van der Waals surface area (Å²) in [5.41, 5.74) is 1.10. The van der Waals surface area contributed by atoms with Crippen molar-refractivity contribution in [2.24, 2.45) is 4.99 Å². The van der Waals surface area contributed by atoms with Crippen LogP contribution in [0, 0.1) is 0 Å². The molecule has 1 aromatic rings. The van der Waals surface area contributed by atoms with Crippen LogP contribution >= 0.6 is 24.0 Å². The molecule has 2 rings (SSSR count). The van der Waals surface area contributed by atoms with E-state index in [4.69, 9.17) is 14.5 Å². The van der Waals surface area contributed by atoms with Gasteiger partial charge in [-0.2, -0.15) is 0 Å². The first-order valence-electron chi connectivity index (χ1n) is 10.3. The molecule has 1 aromatic carbocycles. The molecular formula is C21H38IN5O2. The monoisotopic (exact) mass is 519 g/mol. The van der Waals surface area contributed by atoms with E-state index in [0.29, 0.717) is 19.2 Å². The second kappa shape index (κ2) is 14.8. The average Bonchev–Trinajstić information content (AvgIpc) is 2.71. The molecule has 0 bridgehead atoms. The summed E-state index contributed by atoms with van der Waals surface area (Å²) in [6.07, 6.45) is 0. The van der Waals surface area contributed by atoms with Gasteiger partial charge in [-0.05, 0) is 34.0 Å². The highest BCUT2D eigenvalue weighted by Gasteiger charge is 2.17. The summed E-state index contributed by atoms with van der Waals surface area (Å²) in [4.78, 5) is 9.33. The van der Waals surface area contributed by atoms with Crippen molar-refractivity contribution in [1.82, 2.24) is 20.4 Å². The normalized spacial score (nSPS) is 16.2. The summed E-state index contributed by atoms with van der Waals surface area (Å²) < 4.78 is 11.4. The number of morpholine rings is 1. The molecule has 0 saturated carbocycles. The van der Waals surface area contributed by atoms with Gasteiger partial charge in [0.05, 0.1) is 19.8 Å². The number of likely N-dealkylation sites (N-methyl/N-ethyl adjacent to an activating group) is 1. The second-order valence-corrected chi connectivity index (χ2v) is 7.33. The number of guanidine groups is 1. The van der Waals surface area contributed by atoms with Gasteiger partial charge in [0.2, 0.25) is 0 Å². The average molecular weight is 519 g/mol. The van der Waals surface area contributed by atoms with Crippen LogP contribution in [0.25, 0.3) is 0 Å². The van der Waals surface area contributed by atoms with E-state index in [0.717, 1.165) is 63.2 Å². The predicted octanol–water partition coefficient (Wildman–Crippen LogP) is 2.02. The SMILES string of the molecule is CCNC(=NCc1ccccc1OCCN(C)C)NCC(C)N1CCOCC1.I. The third-order valence-corrected chi connectivity index (χ3v) is 4.75. The van der Waals surface area contributed by atoms with Crippen molar-refractivity contribution in [2.45, 2.75) is 26.4 Å². The van der Waals surface area contributed by atoms with Crippen molar-refractivity contribution in [3.05, 3.63) is 29.8 Å². The minimum Gasteiger partial charge on any atom is -0.492 e. The molecule has 1 aliphatic rings. The first-order chi connectivity index (χ1) is 13.6. The fourth-order valence-corrected chi connectivity index (χ4v) is 3.01. The minimum atomic E-state index is 0. The highest BCUT2D eigenvalue weighted by molar-refractivity contribution is 14.0. The van der Waals surface area contributed by atoms with Gasteiger partial charge in [-0.3, -0.25) is 4.90 Å². The number of hydrogen-bond donors (Lipinski definition) is 2. The number of para-hydroxylation sites is 1. The summed E-state index contributed by atoms with van der Waals surface area (Å²) in [5, 5.41) is 6.81. The van der Waals surface area contributed by atoms with E-state index >= 15 is 0 Å². The van der Waals surface area contributed by atoms with Crippen LogP contribution in [-0.2, 0) is 11.3 Å². The van der Waals surface area contributed by atoms with Crippen molar-refractivity contribution in [2.75, 3.05) is 66.6 Å². The topological polar surface area (TPSA) is 61.4 Å². The zero-order valence-corrected chi connectivity index (χ0v) is 20.6. The smallest absolute Gasteiger partial charge is 0.191 e. The molecule has 0 radical (unpaired) electrons. The molecule has 1 fully saturated rings. The number of nitrogens with one attached hydrogen (secondary N) is 2. The maximum Gasteiger partial charge on any atom is 0.191 e. The Bertz CT molecular complexity index is 594. The standard InChI is InChI=1S/C21H37N5O2.HI/c1-5-22-21(23-16-18(2)26-11-13-27-14-12-26)24-17-19-8-6-7-9-20(19)28-15-10-25(3)4;/h6-9,18H,5,10-17H2,1-4H3,(H2,22,23,24);1H. The molecule has 8 heteroatoms. The van der Waals surface area contributed by atoms with Crippen LogP contribution in [0.1, 0.15) is 19.4 Å². The largest absolute Gasteiger partial charge is 0.492 e. The van der Waals surface area contributed by atoms with Gasteiger partial charge in [0, 0.05) is 44.3 Å². The Hall–Kier alpha value is -1.10. The maximum absolute atomic E-state index is 5.95. The quantitative estimate of drug-likeness (QED) is 0.280. The molecule has 1 aliphatic heterocycles. The van der Waals surface area contributed by atoms with Crippen LogP contribution in [0.3, 0.4) is 0 Å². The van der Waals surface area contributed by atoms with Crippen LogP contribution in [0.2, 0.25) is 0 Å². The number of rotatable bonds is 10. The number of halogens is 1. The number of benzene rings is 1. The van der Waals surface area contributed by atoms with Crippen molar-refractivity contribution in [1.29, 1.82) is 0 Å². The van der Waals surface area contributed by atoms with E-state index < -0.39 is 0 Å².